The first kappa shape index (κ1) is 14.1. The van der Waals surface area contributed by atoms with Gasteiger partial charge in [-0.15, -0.1) is 0 Å². The summed E-state index contributed by atoms with van der Waals surface area (Å²) in [5, 5.41) is 2.07. The highest BCUT2D eigenvalue weighted by atomic mass is 16.2. The molecule has 118 valence electrons. The summed E-state index contributed by atoms with van der Waals surface area (Å²) in [6.07, 6.45) is 13.4. The Morgan fingerprint density at radius 3 is 1.88 bits per heavy atom. The summed E-state index contributed by atoms with van der Waals surface area (Å²) in [7, 11) is 0. The minimum atomic E-state index is -0.416. The van der Waals surface area contributed by atoms with Crippen LogP contribution in [0.25, 0.3) is 23.3 Å². The van der Waals surface area contributed by atoms with Crippen LogP contribution in [0.5, 0.6) is 0 Å². The van der Waals surface area contributed by atoms with Gasteiger partial charge < -0.3 is 0 Å². The van der Waals surface area contributed by atoms with Crippen molar-refractivity contribution in [2.75, 3.05) is 0 Å². The lowest BCUT2D eigenvalue weighted by atomic mass is 9.83. The van der Waals surface area contributed by atoms with Crippen LogP contribution in [0.2, 0.25) is 0 Å². The number of benzene rings is 2. The third-order valence-corrected chi connectivity index (χ3v) is 4.96. The van der Waals surface area contributed by atoms with Crippen LogP contribution in [0.15, 0.2) is 71.8 Å². The summed E-state index contributed by atoms with van der Waals surface area (Å²) in [6.45, 7) is 0. The first-order valence-electron chi connectivity index (χ1n) is 8.33. The number of hydrogen-bond acceptors (Lipinski definition) is 2. The predicted molar refractivity (Wildman–Crippen MR) is 98.6 cm³/mol. The summed E-state index contributed by atoms with van der Waals surface area (Å²) in [5.41, 5.74) is 5.13. The number of rotatable bonds is 0. The number of fused-ring (bicyclic) bond motifs is 6. The number of carbonyl (C=O) groups is 2. The molecule has 5 rings (SSSR count). The molecule has 0 aromatic heterocycles. The van der Waals surface area contributed by atoms with Crippen LogP contribution in [0.3, 0.4) is 0 Å². The van der Waals surface area contributed by atoms with Gasteiger partial charge in [0.05, 0.1) is 0 Å². The van der Waals surface area contributed by atoms with E-state index in [-0.39, 0.29) is 0 Å². The van der Waals surface area contributed by atoms with Crippen LogP contribution in [-0.2, 0) is 0 Å². The molecule has 2 bridgehead atoms. The van der Waals surface area contributed by atoms with Gasteiger partial charge in [0.2, 0.25) is 11.6 Å². The minimum Gasteiger partial charge on any atom is -0.285 e. The van der Waals surface area contributed by atoms with E-state index in [1.165, 1.54) is 11.1 Å². The van der Waals surface area contributed by atoms with E-state index < -0.39 is 11.6 Å². The average Bonchev–Trinajstić information content (AvgIpc) is 2.95. The molecule has 0 saturated carbocycles. The highest BCUT2D eigenvalue weighted by Crippen LogP contribution is 2.32. The van der Waals surface area contributed by atoms with Crippen molar-refractivity contribution in [3.63, 3.8) is 0 Å². The molecule has 3 aliphatic rings. The molecule has 0 amide bonds. The maximum absolute atomic E-state index is 12.6. The van der Waals surface area contributed by atoms with E-state index in [0.29, 0.717) is 11.1 Å². The van der Waals surface area contributed by atoms with E-state index in [9.17, 15) is 9.59 Å². The molecule has 0 fully saturated rings. The molecule has 0 unspecified atom stereocenters. The normalized spacial score (nSPS) is 17.0. The second-order valence-corrected chi connectivity index (χ2v) is 6.56. The zero-order chi connectivity index (χ0) is 17.0. The molecule has 2 aromatic rings. The molecule has 0 aliphatic heterocycles. The van der Waals surface area contributed by atoms with Crippen molar-refractivity contribution in [2.24, 2.45) is 0 Å². The molecule has 0 N–H and O–H groups in total. The third-order valence-electron chi connectivity index (χ3n) is 4.96. The smallest absolute Gasteiger partial charge is 0.234 e. The zero-order valence-corrected chi connectivity index (χ0v) is 13.5. The average molecular weight is 322 g/mol. The standard InChI is InChI=1S/C23H14O2/c24-22-19-8-4-3-7-18(19)20-12-16-10-14-5-1-2-6-15(9-14)11-17(16)13-21(20)23(22)25/h1-8,10-13H,9H2. The van der Waals surface area contributed by atoms with Crippen molar-refractivity contribution in [1.82, 2.24) is 0 Å². The summed E-state index contributed by atoms with van der Waals surface area (Å²) < 4.78 is 0. The second-order valence-electron chi connectivity index (χ2n) is 6.56. The minimum absolute atomic E-state index is 0.414. The van der Waals surface area contributed by atoms with Gasteiger partial charge in [-0.2, -0.15) is 0 Å². The first-order valence-corrected chi connectivity index (χ1v) is 8.33. The molecule has 2 nitrogen and oxygen atoms in total. The van der Waals surface area contributed by atoms with Gasteiger partial charge in [0.25, 0.3) is 0 Å². The number of allylic oxidation sites excluding steroid dienone is 6. The van der Waals surface area contributed by atoms with E-state index in [2.05, 4.69) is 24.3 Å². The molecule has 0 heterocycles. The Hall–Kier alpha value is -3.26. The van der Waals surface area contributed by atoms with Gasteiger partial charge in [-0.05, 0) is 51.3 Å². The highest BCUT2D eigenvalue weighted by molar-refractivity contribution is 6.52. The number of carbonyl (C=O) groups excluding carboxylic acids is 2. The van der Waals surface area contributed by atoms with Crippen LogP contribution < -0.4 is 10.4 Å². The van der Waals surface area contributed by atoms with Gasteiger partial charge >= 0.3 is 0 Å². The van der Waals surface area contributed by atoms with Gasteiger partial charge in [-0.25, -0.2) is 0 Å². The molecular formula is C23H14O2. The quantitative estimate of drug-likeness (QED) is 0.699. The van der Waals surface area contributed by atoms with E-state index in [1.54, 1.807) is 12.1 Å². The first-order chi connectivity index (χ1) is 12.2. The Kier molecular flexibility index (Phi) is 2.89. The SMILES string of the molecule is O=C1C(=O)c2cc3c(cc2-c2ccccc21)=CC1=CC=CC=C(C=3)C1. The lowest BCUT2D eigenvalue weighted by molar-refractivity contribution is 0.0815. The fraction of sp³-hybridized carbons (Fsp3) is 0.0435. The summed E-state index contributed by atoms with van der Waals surface area (Å²) >= 11 is 0. The van der Waals surface area contributed by atoms with Crippen molar-refractivity contribution < 1.29 is 9.59 Å². The van der Waals surface area contributed by atoms with Gasteiger partial charge in [-0.1, -0.05) is 60.7 Å². The van der Waals surface area contributed by atoms with Crippen molar-refractivity contribution >= 4 is 23.7 Å². The molecule has 0 radical (unpaired) electrons. The van der Waals surface area contributed by atoms with Crippen LogP contribution in [0.4, 0.5) is 0 Å². The van der Waals surface area contributed by atoms with Crippen LogP contribution in [0.1, 0.15) is 27.1 Å². The number of ketones is 2. The van der Waals surface area contributed by atoms with Crippen molar-refractivity contribution in [2.45, 2.75) is 6.42 Å². The molecule has 0 spiro atoms. The van der Waals surface area contributed by atoms with Crippen molar-refractivity contribution in [3.8, 4) is 11.1 Å². The van der Waals surface area contributed by atoms with Crippen LogP contribution in [-0.4, -0.2) is 11.6 Å². The van der Waals surface area contributed by atoms with Gasteiger partial charge in [-0.3, -0.25) is 9.59 Å². The third kappa shape index (κ3) is 2.11. The molecule has 2 aromatic carbocycles. The van der Waals surface area contributed by atoms with Crippen molar-refractivity contribution in [3.05, 3.63) is 93.4 Å². The van der Waals surface area contributed by atoms with E-state index >= 15 is 0 Å². The maximum Gasteiger partial charge on any atom is 0.234 e. The van der Waals surface area contributed by atoms with Crippen LogP contribution >= 0.6 is 0 Å². The lowest BCUT2D eigenvalue weighted by Gasteiger charge is -2.17. The molecular weight excluding hydrogens is 308 g/mol. The van der Waals surface area contributed by atoms with Gasteiger partial charge in [0.15, 0.2) is 0 Å². The number of hydrogen-bond donors (Lipinski definition) is 0. The maximum atomic E-state index is 12.6. The van der Waals surface area contributed by atoms with E-state index in [1.807, 2.05) is 36.4 Å². The van der Waals surface area contributed by atoms with Gasteiger partial charge in [0, 0.05) is 11.1 Å². The van der Waals surface area contributed by atoms with Crippen LogP contribution in [0, 0.1) is 0 Å². The molecule has 2 heteroatoms. The summed E-state index contributed by atoms with van der Waals surface area (Å²) in [5.74, 6) is -0.830. The monoisotopic (exact) mass is 322 g/mol. The van der Waals surface area contributed by atoms with Gasteiger partial charge in [0.1, 0.15) is 0 Å². The predicted octanol–water partition coefficient (Wildman–Crippen LogP) is 3.12. The van der Waals surface area contributed by atoms with Crippen molar-refractivity contribution in [1.29, 1.82) is 0 Å². The molecule has 0 saturated heterocycles. The largest absolute Gasteiger partial charge is 0.285 e. The fourth-order valence-electron chi connectivity index (χ4n) is 3.76. The molecule has 3 aliphatic carbocycles. The molecule has 0 atom stereocenters. The zero-order valence-electron chi connectivity index (χ0n) is 13.5. The molecule has 25 heavy (non-hydrogen) atoms. The lowest BCUT2D eigenvalue weighted by Crippen LogP contribution is -2.30. The number of Topliss-reactive ketones (excluding diaryl/α,β-unsaturated/α-hetero) is 2. The van der Waals surface area contributed by atoms with E-state index in [0.717, 1.165) is 28.0 Å². The highest BCUT2D eigenvalue weighted by Gasteiger charge is 2.30. The van der Waals surface area contributed by atoms with E-state index in [4.69, 9.17) is 0 Å². The summed E-state index contributed by atoms with van der Waals surface area (Å²) in [4.78, 5) is 25.1. The fourth-order valence-corrected chi connectivity index (χ4v) is 3.76. The summed E-state index contributed by atoms with van der Waals surface area (Å²) in [6, 6.07) is 11.3. The Morgan fingerprint density at radius 1 is 0.640 bits per heavy atom. The Balaban J connectivity index is 1.89. The second kappa shape index (κ2) is 5.12. The Bertz CT molecular complexity index is 1190. The Labute approximate surface area is 144 Å². The Morgan fingerprint density at radius 2 is 1.20 bits per heavy atom. The topological polar surface area (TPSA) is 34.1 Å².